The van der Waals surface area contributed by atoms with E-state index >= 15 is 0 Å². The average Bonchev–Trinajstić information content (AvgIpc) is 2.50. The smallest absolute Gasteiger partial charge is 0.315 e. The molecule has 6 heteroatoms. The molecule has 1 rings (SSSR count). The van der Waals surface area contributed by atoms with Crippen molar-refractivity contribution in [3.8, 4) is 0 Å². The third-order valence-corrected chi connectivity index (χ3v) is 2.94. The summed E-state index contributed by atoms with van der Waals surface area (Å²) in [6.07, 6.45) is 0.833. The van der Waals surface area contributed by atoms with Crippen LogP contribution < -0.4 is 20.9 Å². The van der Waals surface area contributed by atoms with Gasteiger partial charge in [-0.25, -0.2) is 4.79 Å². The van der Waals surface area contributed by atoms with Crippen LogP contribution in [0, 0.1) is 0 Å². The van der Waals surface area contributed by atoms with Crippen molar-refractivity contribution in [3.63, 3.8) is 0 Å². The highest BCUT2D eigenvalue weighted by atomic mass is 16.2. The molecular weight excluding hydrogens is 268 g/mol. The summed E-state index contributed by atoms with van der Waals surface area (Å²) in [5, 5.41) is 7.85. The monoisotopic (exact) mass is 292 g/mol. The molecule has 3 amide bonds. The highest BCUT2D eigenvalue weighted by Gasteiger charge is 2.04. The Labute approximate surface area is 125 Å². The lowest BCUT2D eigenvalue weighted by molar-refractivity contribution is -0.119. The zero-order valence-corrected chi connectivity index (χ0v) is 12.7. The first kappa shape index (κ1) is 16.8. The number of likely N-dealkylation sites (N-methyl/N-ethyl adjacent to an activating group) is 1. The van der Waals surface area contributed by atoms with Crippen molar-refractivity contribution in [2.45, 2.75) is 13.3 Å². The Kier molecular flexibility index (Phi) is 7.71. The van der Waals surface area contributed by atoms with E-state index in [1.54, 1.807) is 0 Å². The lowest BCUT2D eigenvalue weighted by Gasteiger charge is -2.19. The molecule has 0 aliphatic carbocycles. The van der Waals surface area contributed by atoms with Gasteiger partial charge in [0, 0.05) is 32.4 Å². The topological polar surface area (TPSA) is 73.5 Å². The molecule has 0 heterocycles. The minimum Gasteiger partial charge on any atom is -0.375 e. The first-order valence-electron chi connectivity index (χ1n) is 7.18. The van der Waals surface area contributed by atoms with E-state index < -0.39 is 0 Å². The number of rotatable bonds is 8. The number of benzene rings is 1. The first-order chi connectivity index (χ1) is 10.1. The number of para-hydroxylation sites is 1. The lowest BCUT2D eigenvalue weighted by atomic mass is 10.3. The minimum atomic E-state index is -0.316. The van der Waals surface area contributed by atoms with Gasteiger partial charge in [-0.05, 0) is 25.5 Å². The van der Waals surface area contributed by atoms with Crippen LogP contribution in [0.2, 0.25) is 0 Å². The molecular formula is C15H24N4O2. The van der Waals surface area contributed by atoms with Crippen molar-refractivity contribution in [3.05, 3.63) is 30.3 Å². The van der Waals surface area contributed by atoms with Crippen molar-refractivity contribution in [2.75, 3.05) is 38.1 Å². The van der Waals surface area contributed by atoms with E-state index in [1.165, 1.54) is 0 Å². The van der Waals surface area contributed by atoms with Crippen molar-refractivity contribution < 1.29 is 9.59 Å². The summed E-state index contributed by atoms with van der Waals surface area (Å²) in [6.45, 7) is 3.82. The zero-order chi connectivity index (χ0) is 15.5. The minimum absolute atomic E-state index is 0.00356. The number of amides is 3. The van der Waals surface area contributed by atoms with Crippen molar-refractivity contribution in [2.24, 2.45) is 0 Å². The summed E-state index contributed by atoms with van der Waals surface area (Å²) in [6, 6.07) is 9.76. The van der Waals surface area contributed by atoms with Gasteiger partial charge in [0.2, 0.25) is 5.91 Å². The Hall–Kier alpha value is -2.24. The zero-order valence-electron chi connectivity index (χ0n) is 12.7. The number of nitrogens with one attached hydrogen (secondary N) is 3. The molecule has 0 bridgehead atoms. The average molecular weight is 292 g/mol. The Morgan fingerprint density at radius 2 is 1.81 bits per heavy atom. The second kappa shape index (κ2) is 9.63. The van der Waals surface area contributed by atoms with Crippen LogP contribution in [0.4, 0.5) is 10.5 Å². The maximum atomic E-state index is 11.5. The van der Waals surface area contributed by atoms with Crippen LogP contribution in [0.15, 0.2) is 30.3 Å². The normalized spacial score (nSPS) is 9.81. The molecule has 0 atom stereocenters. The molecule has 1 aromatic carbocycles. The Bertz CT molecular complexity index is 437. The van der Waals surface area contributed by atoms with Gasteiger partial charge in [0.1, 0.15) is 0 Å². The number of anilines is 1. The second-order valence-electron chi connectivity index (χ2n) is 4.67. The molecule has 1 aromatic rings. The van der Waals surface area contributed by atoms with E-state index in [4.69, 9.17) is 0 Å². The number of hydrogen-bond donors (Lipinski definition) is 3. The molecule has 0 spiro atoms. The van der Waals surface area contributed by atoms with Crippen LogP contribution in [0.1, 0.15) is 13.3 Å². The number of hydrogen-bond acceptors (Lipinski definition) is 3. The van der Waals surface area contributed by atoms with E-state index in [9.17, 15) is 9.59 Å². The Morgan fingerprint density at radius 3 is 2.48 bits per heavy atom. The fourth-order valence-corrected chi connectivity index (χ4v) is 1.81. The van der Waals surface area contributed by atoms with E-state index in [0.717, 1.165) is 18.7 Å². The quantitative estimate of drug-likeness (QED) is 0.625. The predicted molar refractivity (Wildman–Crippen MR) is 84.4 cm³/mol. The van der Waals surface area contributed by atoms with Crippen LogP contribution in [0.25, 0.3) is 0 Å². The maximum absolute atomic E-state index is 11.5. The Balaban J connectivity index is 2.11. The summed E-state index contributed by atoms with van der Waals surface area (Å²) in [4.78, 5) is 24.7. The molecule has 0 fully saturated rings. The number of nitrogens with zero attached hydrogens (tertiary/aromatic N) is 1. The van der Waals surface area contributed by atoms with Crippen LogP contribution in [-0.4, -0.2) is 45.2 Å². The van der Waals surface area contributed by atoms with Gasteiger partial charge < -0.3 is 20.9 Å². The molecule has 3 N–H and O–H groups in total. The fraction of sp³-hybridized carbons (Fsp3) is 0.467. The molecule has 0 saturated heterocycles. The highest BCUT2D eigenvalue weighted by Crippen LogP contribution is 2.10. The van der Waals surface area contributed by atoms with Gasteiger partial charge >= 0.3 is 6.03 Å². The summed E-state index contributed by atoms with van der Waals surface area (Å²) >= 11 is 0. The maximum Gasteiger partial charge on any atom is 0.315 e. The van der Waals surface area contributed by atoms with E-state index in [2.05, 4.69) is 20.9 Å². The molecule has 0 aliphatic rings. The van der Waals surface area contributed by atoms with E-state index in [1.807, 2.05) is 44.3 Å². The highest BCUT2D eigenvalue weighted by molar-refractivity contribution is 5.83. The van der Waals surface area contributed by atoms with Gasteiger partial charge in [0.05, 0.1) is 6.54 Å². The molecule has 0 aromatic heterocycles. The number of urea groups is 1. The molecule has 21 heavy (non-hydrogen) atoms. The lowest BCUT2D eigenvalue weighted by Crippen LogP contribution is -2.42. The van der Waals surface area contributed by atoms with E-state index in [-0.39, 0.29) is 18.5 Å². The van der Waals surface area contributed by atoms with Gasteiger partial charge in [-0.1, -0.05) is 18.2 Å². The molecule has 6 nitrogen and oxygen atoms in total. The van der Waals surface area contributed by atoms with E-state index in [0.29, 0.717) is 13.1 Å². The van der Waals surface area contributed by atoms with Gasteiger partial charge in [-0.15, -0.1) is 0 Å². The fourth-order valence-electron chi connectivity index (χ4n) is 1.81. The molecule has 0 radical (unpaired) electrons. The molecule has 0 aliphatic heterocycles. The standard InChI is InChI=1S/C15H24N4O2/c1-3-16-14(20)12-18-15(21)17-10-7-11-19(2)13-8-5-4-6-9-13/h4-6,8-9H,3,7,10-12H2,1-2H3,(H,16,20)(H2,17,18,21). The van der Waals surface area contributed by atoms with Crippen LogP contribution in [0.3, 0.4) is 0 Å². The SMILES string of the molecule is CCNC(=O)CNC(=O)NCCCN(C)c1ccccc1. The molecule has 116 valence electrons. The van der Waals surface area contributed by atoms with Crippen LogP contribution in [0.5, 0.6) is 0 Å². The molecule has 0 unspecified atom stereocenters. The van der Waals surface area contributed by atoms with Crippen LogP contribution in [-0.2, 0) is 4.79 Å². The number of carbonyl (C=O) groups is 2. The van der Waals surface area contributed by atoms with Crippen LogP contribution >= 0.6 is 0 Å². The summed E-state index contributed by atoms with van der Waals surface area (Å²) in [5.74, 6) is -0.184. The van der Waals surface area contributed by atoms with Crippen molar-refractivity contribution in [1.82, 2.24) is 16.0 Å². The van der Waals surface area contributed by atoms with Gasteiger partial charge in [-0.2, -0.15) is 0 Å². The van der Waals surface area contributed by atoms with Gasteiger partial charge in [0.15, 0.2) is 0 Å². The summed E-state index contributed by atoms with van der Waals surface area (Å²) in [7, 11) is 2.02. The summed E-state index contributed by atoms with van der Waals surface area (Å²) in [5.41, 5.74) is 1.15. The number of carbonyl (C=O) groups excluding carboxylic acids is 2. The predicted octanol–water partition coefficient (Wildman–Crippen LogP) is 0.948. The molecule has 0 saturated carbocycles. The Morgan fingerprint density at radius 1 is 1.10 bits per heavy atom. The van der Waals surface area contributed by atoms with Gasteiger partial charge in [0.25, 0.3) is 0 Å². The second-order valence-corrected chi connectivity index (χ2v) is 4.67. The van der Waals surface area contributed by atoms with Crippen molar-refractivity contribution >= 4 is 17.6 Å². The van der Waals surface area contributed by atoms with Crippen molar-refractivity contribution in [1.29, 1.82) is 0 Å². The summed E-state index contributed by atoms with van der Waals surface area (Å²) < 4.78 is 0. The first-order valence-corrected chi connectivity index (χ1v) is 7.18. The largest absolute Gasteiger partial charge is 0.375 e. The third-order valence-electron chi connectivity index (χ3n) is 2.94. The van der Waals surface area contributed by atoms with Gasteiger partial charge in [-0.3, -0.25) is 4.79 Å². The third kappa shape index (κ3) is 7.20.